The number of halogens is 1. The molecule has 1 saturated heterocycles. The summed E-state index contributed by atoms with van der Waals surface area (Å²) in [5.74, 6) is -0.747. The number of rotatable bonds is 5. The van der Waals surface area contributed by atoms with Gasteiger partial charge in [0.2, 0.25) is 11.8 Å². The predicted molar refractivity (Wildman–Crippen MR) is 75.3 cm³/mol. The highest BCUT2D eigenvalue weighted by Gasteiger charge is 2.22. The van der Waals surface area contributed by atoms with Crippen molar-refractivity contribution in [3.63, 3.8) is 0 Å². The first-order valence-electron chi connectivity index (χ1n) is 7.11. The van der Waals surface area contributed by atoms with E-state index in [-0.39, 0.29) is 30.6 Å². The Labute approximate surface area is 122 Å². The van der Waals surface area contributed by atoms with E-state index >= 15 is 0 Å². The Morgan fingerprint density at radius 2 is 2.19 bits per heavy atom. The van der Waals surface area contributed by atoms with E-state index in [2.05, 4.69) is 10.6 Å². The van der Waals surface area contributed by atoms with Gasteiger partial charge in [0.25, 0.3) is 0 Å². The summed E-state index contributed by atoms with van der Waals surface area (Å²) in [7, 11) is 0. The lowest BCUT2D eigenvalue weighted by atomic mass is 10.1. The van der Waals surface area contributed by atoms with Crippen LogP contribution in [0.4, 0.5) is 4.39 Å². The second kappa shape index (κ2) is 7.61. The van der Waals surface area contributed by atoms with Crippen molar-refractivity contribution in [3.8, 4) is 5.75 Å². The summed E-state index contributed by atoms with van der Waals surface area (Å²) >= 11 is 0. The van der Waals surface area contributed by atoms with E-state index in [0.29, 0.717) is 13.0 Å². The molecular weight excluding hydrogens is 275 g/mol. The molecule has 1 fully saturated rings. The lowest BCUT2D eigenvalue weighted by Crippen LogP contribution is -2.45. The largest absolute Gasteiger partial charge is 0.490 e. The van der Waals surface area contributed by atoms with Crippen molar-refractivity contribution >= 4 is 11.8 Å². The standard InChI is InChI=1S/C15H19FN2O3/c16-11-5-1-2-7-13(11)21-10-8-14(19)18-12-6-3-4-9-17-15(12)20/h1-2,5,7,12H,3-4,6,8-10H2,(H,17,20)(H,18,19)/t12-/m0/s1. The van der Waals surface area contributed by atoms with Crippen LogP contribution in [0.2, 0.25) is 0 Å². The number of hydrogen-bond donors (Lipinski definition) is 2. The summed E-state index contributed by atoms with van der Waals surface area (Å²) in [5, 5.41) is 5.44. The number of para-hydroxylation sites is 1. The third-order valence-corrected chi connectivity index (χ3v) is 3.29. The Morgan fingerprint density at radius 3 is 3.00 bits per heavy atom. The van der Waals surface area contributed by atoms with Gasteiger partial charge in [-0.3, -0.25) is 9.59 Å². The zero-order valence-electron chi connectivity index (χ0n) is 11.7. The maximum absolute atomic E-state index is 13.3. The van der Waals surface area contributed by atoms with Crippen molar-refractivity contribution < 1.29 is 18.7 Å². The van der Waals surface area contributed by atoms with Gasteiger partial charge in [0.1, 0.15) is 6.04 Å². The van der Waals surface area contributed by atoms with Crippen LogP contribution in [0.1, 0.15) is 25.7 Å². The smallest absolute Gasteiger partial charge is 0.242 e. The van der Waals surface area contributed by atoms with E-state index in [1.54, 1.807) is 12.1 Å². The molecule has 1 atom stereocenters. The molecule has 2 amide bonds. The second-order valence-electron chi connectivity index (χ2n) is 4.94. The Kier molecular flexibility index (Phi) is 5.54. The van der Waals surface area contributed by atoms with E-state index in [9.17, 15) is 14.0 Å². The lowest BCUT2D eigenvalue weighted by molar-refractivity contribution is -0.129. The lowest BCUT2D eigenvalue weighted by Gasteiger charge is -2.15. The number of benzene rings is 1. The summed E-state index contributed by atoms with van der Waals surface area (Å²) in [4.78, 5) is 23.5. The Morgan fingerprint density at radius 1 is 1.38 bits per heavy atom. The summed E-state index contributed by atoms with van der Waals surface area (Å²) in [6.45, 7) is 0.725. The minimum absolute atomic E-state index is 0.0705. The van der Waals surface area contributed by atoms with E-state index in [4.69, 9.17) is 4.74 Å². The molecule has 0 aromatic heterocycles. The minimum Gasteiger partial charge on any atom is -0.490 e. The summed E-state index contributed by atoms with van der Waals surface area (Å²) in [6.07, 6.45) is 2.55. The maximum atomic E-state index is 13.3. The van der Waals surface area contributed by atoms with Crippen molar-refractivity contribution in [2.24, 2.45) is 0 Å². The molecule has 1 heterocycles. The fourth-order valence-electron chi connectivity index (χ4n) is 2.16. The molecule has 0 radical (unpaired) electrons. The highest BCUT2D eigenvalue weighted by Crippen LogP contribution is 2.15. The number of hydrogen-bond acceptors (Lipinski definition) is 3. The van der Waals surface area contributed by atoms with Crippen molar-refractivity contribution in [2.75, 3.05) is 13.2 Å². The Balaban J connectivity index is 1.74. The van der Waals surface area contributed by atoms with Gasteiger partial charge in [-0.2, -0.15) is 0 Å². The van der Waals surface area contributed by atoms with Crippen LogP contribution < -0.4 is 15.4 Å². The van der Waals surface area contributed by atoms with Gasteiger partial charge in [-0.25, -0.2) is 4.39 Å². The molecule has 0 spiro atoms. The number of nitrogens with one attached hydrogen (secondary N) is 2. The van der Waals surface area contributed by atoms with Gasteiger partial charge in [-0.15, -0.1) is 0 Å². The molecule has 5 nitrogen and oxygen atoms in total. The van der Waals surface area contributed by atoms with Gasteiger partial charge in [-0.1, -0.05) is 12.1 Å². The highest BCUT2D eigenvalue weighted by molar-refractivity contribution is 5.87. The van der Waals surface area contributed by atoms with Crippen molar-refractivity contribution in [2.45, 2.75) is 31.7 Å². The van der Waals surface area contributed by atoms with Crippen molar-refractivity contribution in [3.05, 3.63) is 30.1 Å². The van der Waals surface area contributed by atoms with Gasteiger partial charge >= 0.3 is 0 Å². The Bertz CT molecular complexity index is 507. The Hall–Kier alpha value is -2.11. The monoisotopic (exact) mass is 294 g/mol. The molecule has 0 saturated carbocycles. The van der Waals surface area contributed by atoms with Gasteiger partial charge in [0.15, 0.2) is 11.6 Å². The zero-order chi connectivity index (χ0) is 15.1. The molecule has 6 heteroatoms. The number of carbonyl (C=O) groups excluding carboxylic acids is 2. The van der Waals surface area contributed by atoms with Crippen LogP contribution in [-0.4, -0.2) is 31.0 Å². The van der Waals surface area contributed by atoms with E-state index < -0.39 is 11.9 Å². The van der Waals surface area contributed by atoms with Crippen molar-refractivity contribution in [1.29, 1.82) is 0 Å². The van der Waals surface area contributed by atoms with Crippen LogP contribution in [0.3, 0.4) is 0 Å². The van der Waals surface area contributed by atoms with Crippen LogP contribution >= 0.6 is 0 Å². The van der Waals surface area contributed by atoms with Gasteiger partial charge < -0.3 is 15.4 Å². The van der Waals surface area contributed by atoms with Crippen LogP contribution in [0.15, 0.2) is 24.3 Å². The number of ether oxygens (including phenoxy) is 1. The molecule has 1 aromatic rings. The average Bonchev–Trinajstić information content (AvgIpc) is 2.66. The molecule has 0 aliphatic carbocycles. The quantitative estimate of drug-likeness (QED) is 0.862. The fraction of sp³-hybridized carbons (Fsp3) is 0.467. The number of amides is 2. The first-order chi connectivity index (χ1) is 10.2. The average molecular weight is 294 g/mol. The molecule has 2 rings (SSSR count). The third-order valence-electron chi connectivity index (χ3n) is 3.29. The van der Waals surface area contributed by atoms with E-state index in [0.717, 1.165) is 12.8 Å². The van der Waals surface area contributed by atoms with Crippen LogP contribution in [-0.2, 0) is 9.59 Å². The highest BCUT2D eigenvalue weighted by atomic mass is 19.1. The van der Waals surface area contributed by atoms with Gasteiger partial charge in [0.05, 0.1) is 13.0 Å². The maximum Gasteiger partial charge on any atom is 0.242 e. The number of carbonyl (C=O) groups is 2. The first kappa shape index (κ1) is 15.3. The van der Waals surface area contributed by atoms with Gasteiger partial charge in [0, 0.05) is 6.54 Å². The van der Waals surface area contributed by atoms with Crippen LogP contribution in [0.5, 0.6) is 5.75 Å². The molecule has 114 valence electrons. The van der Waals surface area contributed by atoms with Crippen molar-refractivity contribution in [1.82, 2.24) is 10.6 Å². The van der Waals surface area contributed by atoms with E-state index in [1.807, 2.05) is 0 Å². The topological polar surface area (TPSA) is 67.4 Å². The third kappa shape index (κ3) is 4.73. The molecule has 0 bridgehead atoms. The van der Waals surface area contributed by atoms with Crippen LogP contribution in [0, 0.1) is 5.82 Å². The molecule has 21 heavy (non-hydrogen) atoms. The molecular formula is C15H19FN2O3. The zero-order valence-corrected chi connectivity index (χ0v) is 11.7. The summed E-state index contributed by atoms with van der Waals surface area (Å²) < 4.78 is 18.5. The molecule has 1 aliphatic rings. The summed E-state index contributed by atoms with van der Waals surface area (Å²) in [6, 6.07) is 5.55. The summed E-state index contributed by atoms with van der Waals surface area (Å²) in [5.41, 5.74) is 0. The van der Waals surface area contributed by atoms with Crippen LogP contribution in [0.25, 0.3) is 0 Å². The second-order valence-corrected chi connectivity index (χ2v) is 4.94. The van der Waals surface area contributed by atoms with Gasteiger partial charge in [-0.05, 0) is 31.4 Å². The fourth-order valence-corrected chi connectivity index (χ4v) is 2.16. The predicted octanol–water partition coefficient (Wildman–Crippen LogP) is 1.38. The molecule has 0 unspecified atom stereocenters. The molecule has 1 aliphatic heterocycles. The first-order valence-corrected chi connectivity index (χ1v) is 7.11. The normalized spacial score (nSPS) is 18.5. The van der Waals surface area contributed by atoms with E-state index in [1.165, 1.54) is 12.1 Å². The SMILES string of the molecule is O=C(CCOc1ccccc1F)N[C@H]1CCCCNC1=O. The minimum atomic E-state index is -0.478. The molecule has 2 N–H and O–H groups in total. The molecule has 1 aromatic carbocycles.